The Morgan fingerprint density at radius 1 is 1.11 bits per heavy atom. The number of rotatable bonds is 6. The molecule has 1 amide bonds. The number of allylic oxidation sites excluding steroid dienone is 3. The lowest BCUT2D eigenvalue weighted by Crippen LogP contribution is -2.41. The van der Waals surface area contributed by atoms with E-state index in [9.17, 15) is 14.7 Å². The van der Waals surface area contributed by atoms with Crippen molar-refractivity contribution in [2.75, 3.05) is 11.4 Å². The lowest BCUT2D eigenvalue weighted by Gasteiger charge is -2.21. The van der Waals surface area contributed by atoms with Crippen molar-refractivity contribution in [2.45, 2.75) is 12.0 Å². The van der Waals surface area contributed by atoms with Gasteiger partial charge >= 0.3 is 0 Å². The van der Waals surface area contributed by atoms with Gasteiger partial charge in [-0.05, 0) is 17.7 Å². The molecule has 0 fully saturated rings. The highest BCUT2D eigenvalue weighted by Crippen LogP contribution is 2.42. The van der Waals surface area contributed by atoms with E-state index in [4.69, 9.17) is 6.42 Å². The van der Waals surface area contributed by atoms with Gasteiger partial charge in [0.05, 0.1) is 18.7 Å². The summed E-state index contributed by atoms with van der Waals surface area (Å²) in [5, 5.41) is 11.0. The third-order valence-corrected chi connectivity index (χ3v) is 4.40. The Labute approximate surface area is 158 Å². The first-order valence-corrected chi connectivity index (χ1v) is 8.56. The fraction of sp³-hybridized carbons (Fsp3) is 0.130. The standard InChI is InChI=1S/C23H19NO3/c1-2-16-24-21-15-9-8-14-20(21)23(27,22(24)26)17-19(25)13-7-6-12-18-10-4-3-5-11-18/h1,3-15,27H,16-17H2/b12-6+,13-7+/t23-/m0/s1. The highest BCUT2D eigenvalue weighted by atomic mass is 16.3. The summed E-state index contributed by atoms with van der Waals surface area (Å²) in [4.78, 5) is 26.4. The number of ketones is 1. The van der Waals surface area contributed by atoms with Crippen LogP contribution in [0.25, 0.3) is 6.08 Å². The summed E-state index contributed by atoms with van der Waals surface area (Å²) in [5.74, 6) is 1.50. The van der Waals surface area contributed by atoms with E-state index in [0.29, 0.717) is 11.3 Å². The van der Waals surface area contributed by atoms with Gasteiger partial charge in [0.25, 0.3) is 5.91 Å². The van der Waals surface area contributed by atoms with Crippen molar-refractivity contribution in [1.29, 1.82) is 0 Å². The number of para-hydroxylation sites is 1. The van der Waals surface area contributed by atoms with Gasteiger partial charge in [-0.25, -0.2) is 0 Å². The molecule has 4 nitrogen and oxygen atoms in total. The molecule has 0 radical (unpaired) electrons. The van der Waals surface area contributed by atoms with Gasteiger partial charge in [-0.3, -0.25) is 14.5 Å². The molecule has 1 aliphatic rings. The number of terminal acetylenes is 1. The third kappa shape index (κ3) is 3.74. The maximum atomic E-state index is 12.7. The zero-order valence-corrected chi connectivity index (χ0v) is 14.7. The molecule has 0 bridgehead atoms. The van der Waals surface area contributed by atoms with Crippen molar-refractivity contribution >= 4 is 23.5 Å². The Bertz CT molecular complexity index is 953. The van der Waals surface area contributed by atoms with Crippen LogP contribution in [0.15, 0.2) is 72.8 Å². The summed E-state index contributed by atoms with van der Waals surface area (Å²) >= 11 is 0. The Hall–Kier alpha value is -3.42. The van der Waals surface area contributed by atoms with Crippen molar-refractivity contribution in [2.24, 2.45) is 0 Å². The average Bonchev–Trinajstić information content (AvgIpc) is 2.89. The fourth-order valence-corrected chi connectivity index (χ4v) is 3.13. The molecule has 3 rings (SSSR count). The molecule has 0 unspecified atom stereocenters. The minimum atomic E-state index is -1.89. The average molecular weight is 357 g/mol. The largest absolute Gasteiger partial charge is 0.375 e. The number of aliphatic hydroxyl groups is 1. The number of carbonyl (C=O) groups excluding carboxylic acids is 2. The molecule has 1 N–H and O–H groups in total. The molecule has 2 aromatic carbocycles. The van der Waals surface area contributed by atoms with Gasteiger partial charge in [-0.1, -0.05) is 72.7 Å². The van der Waals surface area contributed by atoms with Crippen molar-refractivity contribution in [3.8, 4) is 12.3 Å². The van der Waals surface area contributed by atoms with Crippen LogP contribution in [0, 0.1) is 12.3 Å². The smallest absolute Gasteiger partial charge is 0.265 e. The Kier molecular flexibility index (Phi) is 5.35. The number of nitrogens with zero attached hydrogens (tertiary/aromatic N) is 1. The van der Waals surface area contributed by atoms with Crippen LogP contribution < -0.4 is 4.90 Å². The number of amides is 1. The van der Waals surface area contributed by atoms with Gasteiger partial charge < -0.3 is 5.11 Å². The van der Waals surface area contributed by atoms with E-state index in [1.54, 1.807) is 36.4 Å². The first kappa shape index (κ1) is 18.4. The molecule has 0 spiro atoms. The maximum absolute atomic E-state index is 12.7. The topological polar surface area (TPSA) is 57.6 Å². The van der Waals surface area contributed by atoms with E-state index in [0.717, 1.165) is 5.56 Å². The molecule has 0 saturated carbocycles. The van der Waals surface area contributed by atoms with Crippen molar-refractivity contribution < 1.29 is 14.7 Å². The summed E-state index contributed by atoms with van der Waals surface area (Å²) in [7, 11) is 0. The number of fused-ring (bicyclic) bond motifs is 1. The molecule has 1 aliphatic heterocycles. The minimum Gasteiger partial charge on any atom is -0.375 e. The van der Waals surface area contributed by atoms with Crippen LogP contribution in [0.1, 0.15) is 17.5 Å². The Morgan fingerprint density at radius 2 is 1.81 bits per heavy atom. The zero-order chi connectivity index (χ0) is 19.3. The molecule has 2 aromatic rings. The van der Waals surface area contributed by atoms with Crippen LogP contribution in [0.4, 0.5) is 5.69 Å². The number of anilines is 1. The molecule has 0 aromatic heterocycles. The van der Waals surface area contributed by atoms with Gasteiger partial charge in [0.15, 0.2) is 11.4 Å². The van der Waals surface area contributed by atoms with Crippen LogP contribution in [-0.4, -0.2) is 23.3 Å². The highest BCUT2D eigenvalue weighted by molar-refractivity contribution is 6.10. The first-order valence-electron chi connectivity index (χ1n) is 8.56. The number of hydrogen-bond acceptors (Lipinski definition) is 3. The predicted molar refractivity (Wildman–Crippen MR) is 106 cm³/mol. The second-order valence-corrected chi connectivity index (χ2v) is 6.24. The third-order valence-electron chi connectivity index (χ3n) is 4.40. The molecule has 134 valence electrons. The minimum absolute atomic E-state index is 0.0437. The monoisotopic (exact) mass is 357 g/mol. The first-order chi connectivity index (χ1) is 13.1. The van der Waals surface area contributed by atoms with Crippen LogP contribution in [0.2, 0.25) is 0 Å². The SMILES string of the molecule is C#CCN1C(=O)[C@](O)(CC(=O)/C=C/C=C/c2ccccc2)c2ccccc21. The van der Waals surface area contributed by atoms with Crippen LogP contribution >= 0.6 is 0 Å². The van der Waals surface area contributed by atoms with E-state index in [2.05, 4.69) is 5.92 Å². The molecule has 0 saturated heterocycles. The van der Waals surface area contributed by atoms with Gasteiger partial charge in [-0.15, -0.1) is 6.42 Å². The van der Waals surface area contributed by atoms with E-state index in [-0.39, 0.29) is 18.7 Å². The normalized spacial score (nSPS) is 18.8. The number of benzene rings is 2. The molecule has 4 heteroatoms. The highest BCUT2D eigenvalue weighted by Gasteiger charge is 2.50. The maximum Gasteiger partial charge on any atom is 0.265 e. The molecule has 0 aliphatic carbocycles. The second-order valence-electron chi connectivity index (χ2n) is 6.24. The van der Waals surface area contributed by atoms with Crippen LogP contribution in [0.5, 0.6) is 0 Å². The summed E-state index contributed by atoms with van der Waals surface area (Å²) in [6.45, 7) is 0.0437. The van der Waals surface area contributed by atoms with Crippen molar-refractivity contribution in [1.82, 2.24) is 0 Å². The van der Waals surface area contributed by atoms with Gasteiger partial charge in [0.2, 0.25) is 0 Å². The summed E-state index contributed by atoms with van der Waals surface area (Å²) in [5.41, 5.74) is 0.0754. The van der Waals surface area contributed by atoms with Gasteiger partial charge in [0.1, 0.15) is 0 Å². The fourth-order valence-electron chi connectivity index (χ4n) is 3.13. The number of hydrogen-bond donors (Lipinski definition) is 1. The van der Waals surface area contributed by atoms with Crippen LogP contribution in [0.3, 0.4) is 0 Å². The predicted octanol–water partition coefficient (Wildman–Crippen LogP) is 3.08. The Morgan fingerprint density at radius 3 is 2.56 bits per heavy atom. The van der Waals surface area contributed by atoms with Crippen LogP contribution in [-0.2, 0) is 15.2 Å². The van der Waals surface area contributed by atoms with E-state index < -0.39 is 11.5 Å². The van der Waals surface area contributed by atoms with E-state index in [1.165, 1.54) is 11.0 Å². The molecular weight excluding hydrogens is 338 g/mol. The van der Waals surface area contributed by atoms with Crippen molar-refractivity contribution in [3.05, 3.63) is 84.0 Å². The van der Waals surface area contributed by atoms with Gasteiger partial charge in [0, 0.05) is 5.56 Å². The lowest BCUT2D eigenvalue weighted by atomic mass is 9.90. The quantitative estimate of drug-likeness (QED) is 0.491. The summed E-state index contributed by atoms with van der Waals surface area (Å²) < 4.78 is 0. The summed E-state index contributed by atoms with van der Waals surface area (Å²) in [6, 6.07) is 16.5. The van der Waals surface area contributed by atoms with E-state index >= 15 is 0 Å². The summed E-state index contributed by atoms with van der Waals surface area (Å²) in [6.07, 6.45) is 11.6. The van der Waals surface area contributed by atoms with Gasteiger partial charge in [-0.2, -0.15) is 0 Å². The van der Waals surface area contributed by atoms with E-state index in [1.807, 2.05) is 36.4 Å². The lowest BCUT2D eigenvalue weighted by molar-refractivity contribution is -0.140. The molecule has 27 heavy (non-hydrogen) atoms. The zero-order valence-electron chi connectivity index (χ0n) is 14.7. The second kappa shape index (κ2) is 7.86. The van der Waals surface area contributed by atoms with Crippen molar-refractivity contribution in [3.63, 3.8) is 0 Å². The number of carbonyl (C=O) groups is 2. The molecule has 1 heterocycles. The molecular formula is C23H19NO3. The molecule has 1 atom stereocenters. The Balaban J connectivity index is 1.75.